The Kier molecular flexibility index (Phi) is 10.1. The summed E-state index contributed by atoms with van der Waals surface area (Å²) in [6.07, 6.45) is 9.69. The first-order valence-electron chi connectivity index (χ1n) is 12.1. The van der Waals surface area contributed by atoms with E-state index in [1.165, 1.54) is 25.0 Å². The number of aliphatic hydroxyl groups is 1. The molecule has 194 valence electrons. The van der Waals surface area contributed by atoms with Gasteiger partial charge in [0.2, 0.25) is 0 Å². The number of halogens is 4. The molecule has 1 aromatic carbocycles. The second-order valence-corrected chi connectivity index (χ2v) is 10.3. The fourth-order valence-electron chi connectivity index (χ4n) is 4.50. The third-order valence-electron chi connectivity index (χ3n) is 6.61. The molecule has 1 aliphatic rings. The number of rotatable bonds is 5. The van der Waals surface area contributed by atoms with Gasteiger partial charge in [-0.25, -0.2) is 9.37 Å². The predicted molar refractivity (Wildman–Crippen MR) is 147 cm³/mol. The summed E-state index contributed by atoms with van der Waals surface area (Å²) < 4.78 is 28.1. The second-order valence-electron chi connectivity index (χ2n) is 9.54. The number of allylic oxidation sites excluding steroid dienone is 2. The average Bonchev–Trinajstić information content (AvgIpc) is 3.27. The molecule has 1 unspecified atom stereocenters. The highest BCUT2D eigenvalue weighted by atomic mass is 35.5. The van der Waals surface area contributed by atoms with Gasteiger partial charge in [0, 0.05) is 53.1 Å². The highest BCUT2D eigenvalue weighted by Gasteiger charge is 2.25. The molecule has 0 radical (unpaired) electrons. The van der Waals surface area contributed by atoms with Gasteiger partial charge >= 0.3 is 0 Å². The lowest BCUT2D eigenvalue weighted by Gasteiger charge is -2.21. The number of nitrogens with zero attached hydrogens (tertiary/aromatic N) is 2. The molecule has 36 heavy (non-hydrogen) atoms. The maximum Gasteiger partial charge on any atom is 0.142 e. The fraction of sp³-hybridized carbons (Fsp3) is 0.429. The number of aliphatic hydroxyl groups excluding tert-OH is 1. The van der Waals surface area contributed by atoms with Gasteiger partial charge in [-0.3, -0.25) is 9.38 Å². The minimum absolute atomic E-state index is 0.0196. The van der Waals surface area contributed by atoms with Gasteiger partial charge in [0.05, 0.1) is 11.1 Å². The Hall–Kier alpha value is -2.28. The van der Waals surface area contributed by atoms with E-state index in [-0.39, 0.29) is 21.7 Å². The Labute approximate surface area is 221 Å². The number of pyridine rings is 1. The molecule has 8 heteroatoms. The topological polar surface area (TPSA) is 61.3 Å². The van der Waals surface area contributed by atoms with Crippen LogP contribution in [-0.2, 0) is 0 Å². The van der Waals surface area contributed by atoms with Crippen LogP contribution in [0.2, 0.25) is 10.0 Å². The lowest BCUT2D eigenvalue weighted by molar-refractivity contribution is 0.112. The van der Waals surface area contributed by atoms with Crippen LogP contribution < -0.4 is 0 Å². The Bertz CT molecular complexity index is 1230. The molecule has 2 heterocycles. The Balaban J connectivity index is 0.000000383. The molecule has 0 saturated heterocycles. The molecule has 3 aromatic rings. The third kappa shape index (κ3) is 6.53. The van der Waals surface area contributed by atoms with Crippen LogP contribution in [0.1, 0.15) is 69.1 Å². The highest BCUT2D eigenvalue weighted by Crippen LogP contribution is 2.40. The van der Waals surface area contributed by atoms with E-state index in [1.54, 1.807) is 25.7 Å². The Morgan fingerprint density at radius 3 is 2.53 bits per heavy atom. The van der Waals surface area contributed by atoms with Gasteiger partial charge in [-0.2, -0.15) is 0 Å². The minimum Gasteiger partial charge on any atom is -0.393 e. The van der Waals surface area contributed by atoms with Gasteiger partial charge in [-0.1, -0.05) is 35.7 Å². The molecule has 1 fully saturated rings. The number of benzene rings is 1. The van der Waals surface area contributed by atoms with Gasteiger partial charge in [-0.15, -0.1) is 0 Å². The van der Waals surface area contributed by atoms with Crippen molar-refractivity contribution in [1.82, 2.24) is 9.97 Å². The number of alkyl halides is 1. The number of H-pyrrole nitrogens is 1. The molecule has 1 saturated carbocycles. The van der Waals surface area contributed by atoms with E-state index in [1.807, 2.05) is 19.9 Å². The summed E-state index contributed by atoms with van der Waals surface area (Å²) in [5.74, 6) is -0.598. The van der Waals surface area contributed by atoms with Gasteiger partial charge in [0.15, 0.2) is 0 Å². The fourth-order valence-corrected chi connectivity index (χ4v) is 5.14. The number of hydrogen-bond donors (Lipinski definition) is 2. The van der Waals surface area contributed by atoms with E-state index >= 15 is 0 Å². The van der Waals surface area contributed by atoms with Gasteiger partial charge in [-0.05, 0) is 74.8 Å². The van der Waals surface area contributed by atoms with E-state index in [9.17, 15) is 8.78 Å². The van der Waals surface area contributed by atoms with E-state index in [4.69, 9.17) is 28.3 Å². The predicted octanol–water partition coefficient (Wildman–Crippen LogP) is 8.16. The number of aliphatic imine (C=N–C) groups is 1. The summed E-state index contributed by atoms with van der Waals surface area (Å²) in [5.41, 5.74) is 4.30. The van der Waals surface area contributed by atoms with E-state index in [0.717, 1.165) is 40.9 Å². The van der Waals surface area contributed by atoms with Crippen LogP contribution in [0.25, 0.3) is 16.6 Å². The summed E-state index contributed by atoms with van der Waals surface area (Å²) >= 11 is 12.4. The van der Waals surface area contributed by atoms with Crippen molar-refractivity contribution in [3.05, 3.63) is 68.7 Å². The largest absolute Gasteiger partial charge is 0.393 e. The summed E-state index contributed by atoms with van der Waals surface area (Å²) in [6, 6.07) is 4.48. The number of aromatic nitrogens is 2. The molecule has 0 aliphatic heterocycles. The SMILES string of the molecule is CC1CCC(O)CC1.CN=CC(=C(C)C)c1cnc2[nH]cc(C(CF)c3c(Cl)ccc(F)c3Cl)c2c1. The molecule has 1 atom stereocenters. The van der Waals surface area contributed by atoms with Crippen LogP contribution >= 0.6 is 23.2 Å². The van der Waals surface area contributed by atoms with Crippen molar-refractivity contribution in [3.8, 4) is 0 Å². The van der Waals surface area contributed by atoms with E-state index in [0.29, 0.717) is 11.2 Å². The zero-order chi connectivity index (χ0) is 26.4. The van der Waals surface area contributed by atoms with Crippen molar-refractivity contribution in [2.24, 2.45) is 10.9 Å². The summed E-state index contributed by atoms with van der Waals surface area (Å²) in [7, 11) is 1.70. The van der Waals surface area contributed by atoms with Crippen LogP contribution in [0.4, 0.5) is 8.78 Å². The van der Waals surface area contributed by atoms with Crippen LogP contribution in [0.3, 0.4) is 0 Å². The van der Waals surface area contributed by atoms with Crippen molar-refractivity contribution in [2.45, 2.75) is 58.5 Å². The van der Waals surface area contributed by atoms with Crippen LogP contribution in [0.5, 0.6) is 0 Å². The maximum atomic E-state index is 14.1. The van der Waals surface area contributed by atoms with Crippen LogP contribution in [0.15, 0.2) is 41.2 Å². The highest BCUT2D eigenvalue weighted by molar-refractivity contribution is 6.36. The second kappa shape index (κ2) is 12.8. The number of hydrogen-bond acceptors (Lipinski definition) is 3. The molecule has 4 rings (SSSR count). The van der Waals surface area contributed by atoms with Crippen molar-refractivity contribution in [3.63, 3.8) is 0 Å². The molecular weight excluding hydrogens is 503 g/mol. The zero-order valence-electron chi connectivity index (χ0n) is 21.1. The van der Waals surface area contributed by atoms with E-state index < -0.39 is 18.4 Å². The monoisotopic (exact) mass is 535 g/mol. The molecule has 0 spiro atoms. The number of fused-ring (bicyclic) bond motifs is 1. The molecule has 2 aromatic heterocycles. The summed E-state index contributed by atoms with van der Waals surface area (Å²) in [5, 5.41) is 9.80. The average molecular weight is 536 g/mol. The molecule has 1 aliphatic carbocycles. The number of nitrogens with one attached hydrogen (secondary N) is 1. The molecule has 0 bridgehead atoms. The van der Waals surface area contributed by atoms with Crippen LogP contribution in [-0.4, -0.2) is 41.1 Å². The van der Waals surface area contributed by atoms with Crippen molar-refractivity contribution >= 4 is 46.0 Å². The molecular formula is C28H33Cl2F2N3O. The maximum absolute atomic E-state index is 14.1. The zero-order valence-corrected chi connectivity index (χ0v) is 22.6. The summed E-state index contributed by atoms with van der Waals surface area (Å²) in [6.45, 7) is 5.43. The van der Waals surface area contributed by atoms with E-state index in [2.05, 4.69) is 21.9 Å². The summed E-state index contributed by atoms with van der Waals surface area (Å²) in [4.78, 5) is 11.6. The molecule has 2 N–H and O–H groups in total. The number of aromatic amines is 1. The molecule has 0 amide bonds. The quantitative estimate of drug-likeness (QED) is 0.255. The van der Waals surface area contributed by atoms with Crippen molar-refractivity contribution in [1.29, 1.82) is 0 Å². The standard InChI is InChI=1S/C21H19Cl2F2N3.C7H14O/c1-11(2)15(9-26-3)12-6-13-16(10-28-21(13)27-8-12)14(7-24)19-17(22)4-5-18(25)20(19)23;1-6-2-4-7(8)5-3-6/h4-6,8-10,14H,7H2,1-3H3,(H,27,28);6-8H,2-5H2,1H3. The first-order valence-corrected chi connectivity index (χ1v) is 12.9. The first kappa shape index (κ1) is 28.3. The van der Waals surface area contributed by atoms with Crippen LogP contribution in [0, 0.1) is 11.7 Å². The lowest BCUT2D eigenvalue weighted by Crippen LogP contribution is -2.15. The van der Waals surface area contributed by atoms with Gasteiger partial charge in [0.25, 0.3) is 0 Å². The Morgan fingerprint density at radius 2 is 1.94 bits per heavy atom. The Morgan fingerprint density at radius 1 is 1.25 bits per heavy atom. The van der Waals surface area contributed by atoms with Gasteiger partial charge < -0.3 is 10.1 Å². The first-order chi connectivity index (χ1) is 17.2. The van der Waals surface area contributed by atoms with Crippen molar-refractivity contribution in [2.75, 3.05) is 13.7 Å². The lowest BCUT2D eigenvalue weighted by atomic mass is 9.89. The van der Waals surface area contributed by atoms with Gasteiger partial charge in [0.1, 0.15) is 18.1 Å². The smallest absolute Gasteiger partial charge is 0.142 e. The molecule has 4 nitrogen and oxygen atoms in total. The van der Waals surface area contributed by atoms with Crippen molar-refractivity contribution < 1.29 is 13.9 Å². The normalized spacial score (nSPS) is 18.7. The third-order valence-corrected chi connectivity index (χ3v) is 7.33. The minimum atomic E-state index is -0.823.